The van der Waals surface area contributed by atoms with Gasteiger partial charge in [0.15, 0.2) is 0 Å². The van der Waals surface area contributed by atoms with Crippen molar-refractivity contribution in [2.24, 2.45) is 0 Å². The second kappa shape index (κ2) is 7.77. The highest BCUT2D eigenvalue weighted by Gasteiger charge is 2.32. The zero-order valence-electron chi connectivity index (χ0n) is 15.8. The van der Waals surface area contributed by atoms with Crippen molar-refractivity contribution in [1.82, 2.24) is 5.32 Å². The van der Waals surface area contributed by atoms with Gasteiger partial charge in [0.05, 0.1) is 15.9 Å². The van der Waals surface area contributed by atoms with E-state index >= 15 is 0 Å². The van der Waals surface area contributed by atoms with Crippen molar-refractivity contribution in [3.8, 4) is 0 Å². The second-order valence-electron chi connectivity index (χ2n) is 7.60. The minimum Gasteiger partial charge on any atom is -0.444 e. The third kappa shape index (κ3) is 5.28. The molecule has 1 aliphatic rings. The van der Waals surface area contributed by atoms with Gasteiger partial charge in [0.1, 0.15) is 11.3 Å². The maximum absolute atomic E-state index is 11.9. The van der Waals surface area contributed by atoms with Crippen LogP contribution in [0.4, 0.5) is 21.9 Å². The Morgan fingerprint density at radius 2 is 1.93 bits per heavy atom. The second-order valence-corrected chi connectivity index (χ2v) is 7.60. The van der Waals surface area contributed by atoms with Crippen LogP contribution in [0.15, 0.2) is 18.2 Å². The average Bonchev–Trinajstić information content (AvgIpc) is 2.52. The molecule has 1 saturated heterocycles. The number of hydrogen-bond donors (Lipinski definition) is 1. The van der Waals surface area contributed by atoms with Gasteiger partial charge < -0.3 is 15.0 Å². The molecule has 1 heterocycles. The summed E-state index contributed by atoms with van der Waals surface area (Å²) in [6.45, 7) is 7.72. The van der Waals surface area contributed by atoms with Crippen LogP contribution in [0.1, 0.15) is 40.5 Å². The molecule has 2 unspecified atom stereocenters. The van der Waals surface area contributed by atoms with Crippen LogP contribution in [0.3, 0.4) is 0 Å². The molecule has 1 aliphatic heterocycles. The molecule has 1 N–H and O–H groups in total. The maximum atomic E-state index is 11.9. The Morgan fingerprint density at radius 3 is 2.44 bits per heavy atom. The first-order chi connectivity index (χ1) is 12.5. The number of nitrogens with one attached hydrogen (secondary N) is 1. The van der Waals surface area contributed by atoms with Gasteiger partial charge in [-0.05, 0) is 46.6 Å². The van der Waals surface area contributed by atoms with E-state index in [4.69, 9.17) is 4.74 Å². The van der Waals surface area contributed by atoms with Crippen LogP contribution in [-0.4, -0.2) is 40.2 Å². The molecule has 0 bridgehead atoms. The molecule has 0 radical (unpaired) electrons. The van der Waals surface area contributed by atoms with Gasteiger partial charge in [0.25, 0.3) is 11.4 Å². The van der Waals surface area contributed by atoms with Crippen LogP contribution in [0.2, 0.25) is 0 Å². The average molecular weight is 380 g/mol. The van der Waals surface area contributed by atoms with Crippen LogP contribution < -0.4 is 10.2 Å². The van der Waals surface area contributed by atoms with Gasteiger partial charge in [-0.2, -0.15) is 0 Å². The fourth-order valence-corrected chi connectivity index (χ4v) is 3.15. The topological polar surface area (TPSA) is 128 Å². The number of nitro groups is 2. The molecule has 0 aliphatic carbocycles. The molecule has 2 rings (SSSR count). The number of anilines is 1. The van der Waals surface area contributed by atoms with E-state index < -0.39 is 21.5 Å². The van der Waals surface area contributed by atoms with Gasteiger partial charge in [-0.15, -0.1) is 0 Å². The molecule has 1 aromatic rings. The van der Waals surface area contributed by atoms with E-state index in [0.29, 0.717) is 25.1 Å². The van der Waals surface area contributed by atoms with E-state index in [9.17, 15) is 25.0 Å². The van der Waals surface area contributed by atoms with Gasteiger partial charge in [-0.25, -0.2) is 4.79 Å². The Morgan fingerprint density at radius 1 is 1.26 bits per heavy atom. The van der Waals surface area contributed by atoms with Crippen molar-refractivity contribution in [3.05, 3.63) is 38.4 Å². The van der Waals surface area contributed by atoms with E-state index in [1.54, 1.807) is 20.8 Å². The first kappa shape index (κ1) is 20.4. The number of non-ortho nitro benzene ring substituents is 1. The summed E-state index contributed by atoms with van der Waals surface area (Å²) in [7, 11) is 0. The molecule has 10 heteroatoms. The molecule has 148 valence electrons. The number of carbonyl (C=O) groups excluding carboxylic acids is 1. The Kier molecular flexibility index (Phi) is 5.87. The van der Waals surface area contributed by atoms with E-state index in [0.717, 1.165) is 6.07 Å². The number of ether oxygens (including phenoxy) is 1. The number of hydrogen-bond acceptors (Lipinski definition) is 7. The van der Waals surface area contributed by atoms with E-state index in [1.165, 1.54) is 12.1 Å². The van der Waals surface area contributed by atoms with Crippen LogP contribution in [-0.2, 0) is 4.74 Å². The van der Waals surface area contributed by atoms with Crippen LogP contribution >= 0.6 is 0 Å². The van der Waals surface area contributed by atoms with E-state index in [2.05, 4.69) is 5.32 Å². The summed E-state index contributed by atoms with van der Waals surface area (Å²) in [6.07, 6.45) is 0.667. The molecule has 1 fully saturated rings. The number of nitro benzene ring substituents is 2. The van der Waals surface area contributed by atoms with Crippen LogP contribution in [0, 0.1) is 20.2 Å². The lowest BCUT2D eigenvalue weighted by Crippen LogP contribution is -2.50. The molecule has 1 aromatic carbocycles. The lowest BCUT2D eigenvalue weighted by Gasteiger charge is -2.39. The van der Waals surface area contributed by atoms with Crippen molar-refractivity contribution in [3.63, 3.8) is 0 Å². The standard InChI is InChI=1S/C17H24N4O6/c1-11-9-12(18-16(22)27-17(2,3)4)7-8-19(11)14-6-5-13(20(23)24)10-15(14)21(25)26/h5-6,10-12H,7-9H2,1-4H3,(H,18,22). The molecule has 0 saturated carbocycles. The lowest BCUT2D eigenvalue weighted by atomic mass is 9.97. The Hall–Kier alpha value is -2.91. The summed E-state index contributed by atoms with van der Waals surface area (Å²) in [5.41, 5.74) is -0.863. The summed E-state index contributed by atoms with van der Waals surface area (Å²) in [4.78, 5) is 34.8. The number of alkyl carbamates (subject to hydrolysis) is 1. The van der Waals surface area contributed by atoms with Crippen LogP contribution in [0.5, 0.6) is 0 Å². The summed E-state index contributed by atoms with van der Waals surface area (Å²) in [5.74, 6) is 0. The van der Waals surface area contributed by atoms with Crippen LogP contribution in [0.25, 0.3) is 0 Å². The summed E-state index contributed by atoms with van der Waals surface area (Å²) in [6, 6.07) is 3.45. The fourth-order valence-electron chi connectivity index (χ4n) is 3.15. The summed E-state index contributed by atoms with van der Waals surface area (Å²) in [5, 5.41) is 25.1. The normalized spacial score (nSPS) is 20.1. The highest BCUT2D eigenvalue weighted by molar-refractivity contribution is 5.69. The minimum absolute atomic E-state index is 0.0983. The highest BCUT2D eigenvalue weighted by atomic mass is 16.6. The number of carbonyl (C=O) groups is 1. The van der Waals surface area contributed by atoms with E-state index in [1.807, 2.05) is 11.8 Å². The number of piperidine rings is 1. The Labute approximate surface area is 156 Å². The van der Waals surface area contributed by atoms with Gasteiger partial charge in [0, 0.05) is 24.7 Å². The molecule has 2 atom stereocenters. The SMILES string of the molecule is CC1CC(NC(=O)OC(C)(C)C)CCN1c1ccc([N+](=O)[O-])cc1[N+](=O)[O-]. The molecule has 10 nitrogen and oxygen atoms in total. The fraction of sp³-hybridized carbons (Fsp3) is 0.588. The number of amides is 1. The van der Waals surface area contributed by atoms with Gasteiger partial charge in [0.2, 0.25) is 0 Å². The highest BCUT2D eigenvalue weighted by Crippen LogP contribution is 2.35. The molecule has 1 amide bonds. The monoisotopic (exact) mass is 380 g/mol. The smallest absolute Gasteiger partial charge is 0.407 e. The first-order valence-electron chi connectivity index (χ1n) is 8.67. The molecular weight excluding hydrogens is 356 g/mol. The maximum Gasteiger partial charge on any atom is 0.407 e. The van der Waals surface area contributed by atoms with Gasteiger partial charge in [-0.1, -0.05) is 0 Å². The predicted molar refractivity (Wildman–Crippen MR) is 99.0 cm³/mol. The zero-order chi connectivity index (χ0) is 20.4. The van der Waals surface area contributed by atoms with Crippen molar-refractivity contribution >= 4 is 23.2 Å². The Bertz CT molecular complexity index is 745. The molecular formula is C17H24N4O6. The predicted octanol–water partition coefficient (Wildman–Crippen LogP) is 3.39. The van der Waals surface area contributed by atoms with Crippen molar-refractivity contribution in [2.75, 3.05) is 11.4 Å². The van der Waals surface area contributed by atoms with Crippen molar-refractivity contribution < 1.29 is 19.4 Å². The third-order valence-corrected chi connectivity index (χ3v) is 4.27. The first-order valence-corrected chi connectivity index (χ1v) is 8.67. The summed E-state index contributed by atoms with van der Waals surface area (Å²) >= 11 is 0. The number of benzene rings is 1. The van der Waals surface area contributed by atoms with E-state index in [-0.39, 0.29) is 23.5 Å². The minimum atomic E-state index is -0.656. The molecule has 27 heavy (non-hydrogen) atoms. The molecule has 0 aromatic heterocycles. The largest absolute Gasteiger partial charge is 0.444 e. The third-order valence-electron chi connectivity index (χ3n) is 4.27. The van der Waals surface area contributed by atoms with Crippen molar-refractivity contribution in [1.29, 1.82) is 0 Å². The number of rotatable bonds is 4. The van der Waals surface area contributed by atoms with Crippen molar-refractivity contribution in [2.45, 2.75) is 58.2 Å². The quantitative estimate of drug-likeness (QED) is 0.626. The van der Waals surface area contributed by atoms with Gasteiger partial charge >= 0.3 is 6.09 Å². The number of nitrogens with zero attached hydrogens (tertiary/aromatic N) is 3. The Balaban J connectivity index is 2.11. The van der Waals surface area contributed by atoms with Gasteiger partial charge in [-0.3, -0.25) is 20.2 Å². The summed E-state index contributed by atoms with van der Waals surface area (Å²) < 4.78 is 5.26. The lowest BCUT2D eigenvalue weighted by molar-refractivity contribution is -0.393. The molecule has 0 spiro atoms. The zero-order valence-corrected chi connectivity index (χ0v) is 15.8.